The van der Waals surface area contributed by atoms with E-state index in [1.165, 1.54) is 6.07 Å². The van der Waals surface area contributed by atoms with Crippen molar-refractivity contribution in [1.82, 2.24) is 9.80 Å². The van der Waals surface area contributed by atoms with Crippen LogP contribution in [0.3, 0.4) is 0 Å². The molecule has 5 heteroatoms. The quantitative estimate of drug-likeness (QED) is 0.856. The third kappa shape index (κ3) is 2.52. The van der Waals surface area contributed by atoms with Crippen LogP contribution in [0.1, 0.15) is 11.6 Å². The van der Waals surface area contributed by atoms with Gasteiger partial charge in [-0.15, -0.1) is 0 Å². The van der Waals surface area contributed by atoms with E-state index in [2.05, 4.69) is 0 Å². The topological polar surface area (TPSA) is 49.6 Å². The maximum Gasteiger partial charge on any atom is 0.236 e. The van der Waals surface area contributed by atoms with E-state index >= 15 is 0 Å². The maximum absolute atomic E-state index is 13.8. The second kappa shape index (κ2) is 5.46. The Labute approximate surface area is 106 Å². The van der Waals surface area contributed by atoms with E-state index in [1.807, 2.05) is 4.90 Å². The molecular formula is C13H18FN3O. The number of carbonyl (C=O) groups is 1. The number of likely N-dealkylation sites (N-methyl/N-ethyl adjacent to an activating group) is 1. The molecule has 0 radical (unpaired) electrons. The summed E-state index contributed by atoms with van der Waals surface area (Å²) in [6, 6.07) is 6.37. The van der Waals surface area contributed by atoms with Crippen molar-refractivity contribution in [1.29, 1.82) is 0 Å². The van der Waals surface area contributed by atoms with Crippen LogP contribution >= 0.6 is 0 Å². The largest absolute Gasteiger partial charge is 0.343 e. The smallest absolute Gasteiger partial charge is 0.236 e. The van der Waals surface area contributed by atoms with Crippen molar-refractivity contribution >= 4 is 5.91 Å². The highest BCUT2D eigenvalue weighted by Gasteiger charge is 2.28. The lowest BCUT2D eigenvalue weighted by Crippen LogP contribution is -2.51. The first-order chi connectivity index (χ1) is 8.63. The fourth-order valence-electron chi connectivity index (χ4n) is 2.26. The number of rotatable bonds is 3. The molecule has 0 bridgehead atoms. The molecule has 1 aliphatic heterocycles. The molecule has 1 unspecified atom stereocenters. The van der Waals surface area contributed by atoms with Crippen LogP contribution in [0.15, 0.2) is 24.3 Å². The number of nitrogens with two attached hydrogens (primary N) is 1. The van der Waals surface area contributed by atoms with Gasteiger partial charge in [0.05, 0.1) is 12.6 Å². The number of halogens is 1. The van der Waals surface area contributed by atoms with Gasteiger partial charge in [0, 0.05) is 32.2 Å². The molecule has 0 spiro atoms. The molecule has 4 nitrogen and oxygen atoms in total. The van der Waals surface area contributed by atoms with Gasteiger partial charge >= 0.3 is 0 Å². The molecule has 1 aliphatic rings. The second-order valence-electron chi connectivity index (χ2n) is 4.56. The number of nitrogens with zero attached hydrogens (tertiary/aromatic N) is 2. The van der Waals surface area contributed by atoms with Crippen molar-refractivity contribution in [3.05, 3.63) is 35.6 Å². The highest BCUT2D eigenvalue weighted by molar-refractivity contribution is 5.78. The van der Waals surface area contributed by atoms with Gasteiger partial charge in [0.1, 0.15) is 5.82 Å². The van der Waals surface area contributed by atoms with Crippen LogP contribution in [-0.2, 0) is 4.79 Å². The first kappa shape index (κ1) is 13.0. The first-order valence-corrected chi connectivity index (χ1v) is 6.06. The van der Waals surface area contributed by atoms with Crippen LogP contribution in [0, 0.1) is 5.82 Å². The van der Waals surface area contributed by atoms with Crippen LogP contribution in [-0.4, -0.2) is 48.9 Å². The van der Waals surface area contributed by atoms with E-state index in [4.69, 9.17) is 5.73 Å². The predicted octanol–water partition coefficient (Wildman–Crippen LogP) is 0.600. The number of hydrogen-bond donors (Lipinski definition) is 1. The van der Waals surface area contributed by atoms with Crippen molar-refractivity contribution in [2.45, 2.75) is 6.04 Å². The highest BCUT2D eigenvalue weighted by atomic mass is 19.1. The van der Waals surface area contributed by atoms with Crippen LogP contribution in [0.25, 0.3) is 0 Å². The Morgan fingerprint density at radius 3 is 2.72 bits per heavy atom. The molecule has 0 aromatic heterocycles. The van der Waals surface area contributed by atoms with Gasteiger partial charge in [-0.1, -0.05) is 18.2 Å². The Hall–Kier alpha value is -1.46. The van der Waals surface area contributed by atoms with Gasteiger partial charge in [-0.3, -0.25) is 9.69 Å². The van der Waals surface area contributed by atoms with Crippen LogP contribution < -0.4 is 5.73 Å². The van der Waals surface area contributed by atoms with Crippen molar-refractivity contribution in [2.75, 3.05) is 33.2 Å². The minimum absolute atomic E-state index is 0.0519. The van der Waals surface area contributed by atoms with E-state index < -0.39 is 0 Å². The van der Waals surface area contributed by atoms with Gasteiger partial charge < -0.3 is 10.6 Å². The zero-order valence-electron chi connectivity index (χ0n) is 10.5. The standard InChI is InChI=1S/C13H18FN3O/c1-16-6-7-17(9-13(16)18)12(8-15)10-4-2-3-5-11(10)14/h2-5,12H,6-9,15H2,1H3. The molecule has 1 atom stereocenters. The molecule has 2 N–H and O–H groups in total. The lowest BCUT2D eigenvalue weighted by atomic mass is 10.0. The molecule has 1 amide bonds. The van der Waals surface area contributed by atoms with Gasteiger partial charge in [-0.25, -0.2) is 4.39 Å². The Morgan fingerprint density at radius 2 is 2.11 bits per heavy atom. The third-order valence-electron chi connectivity index (χ3n) is 3.41. The van der Waals surface area contributed by atoms with Crippen molar-refractivity contribution < 1.29 is 9.18 Å². The minimum Gasteiger partial charge on any atom is -0.343 e. The molecule has 1 heterocycles. The summed E-state index contributed by atoms with van der Waals surface area (Å²) in [4.78, 5) is 15.3. The lowest BCUT2D eigenvalue weighted by Gasteiger charge is -2.37. The SMILES string of the molecule is CN1CCN(C(CN)c2ccccc2F)CC1=O. The normalized spacial score (nSPS) is 19.1. The summed E-state index contributed by atoms with van der Waals surface area (Å²) in [5.74, 6) is -0.213. The number of carbonyl (C=O) groups excluding carboxylic acids is 1. The zero-order chi connectivity index (χ0) is 13.1. The number of amides is 1. The monoisotopic (exact) mass is 251 g/mol. The number of benzene rings is 1. The van der Waals surface area contributed by atoms with Gasteiger partial charge in [-0.05, 0) is 6.07 Å². The Bertz CT molecular complexity index is 438. The summed E-state index contributed by atoms with van der Waals surface area (Å²) >= 11 is 0. The highest BCUT2D eigenvalue weighted by Crippen LogP contribution is 2.23. The van der Waals surface area contributed by atoms with E-state index in [9.17, 15) is 9.18 Å². The fourth-order valence-corrected chi connectivity index (χ4v) is 2.26. The summed E-state index contributed by atoms with van der Waals surface area (Å²) in [7, 11) is 1.78. The molecule has 0 aliphatic carbocycles. The molecule has 2 rings (SSSR count). The number of piperazine rings is 1. The second-order valence-corrected chi connectivity index (χ2v) is 4.56. The third-order valence-corrected chi connectivity index (χ3v) is 3.41. The van der Waals surface area contributed by atoms with Crippen molar-refractivity contribution in [3.63, 3.8) is 0 Å². The molecule has 1 aromatic carbocycles. The van der Waals surface area contributed by atoms with E-state index in [-0.39, 0.29) is 17.8 Å². The van der Waals surface area contributed by atoms with Gasteiger partial charge in [0.15, 0.2) is 0 Å². The molecule has 18 heavy (non-hydrogen) atoms. The summed E-state index contributed by atoms with van der Waals surface area (Å²) < 4.78 is 13.8. The fraction of sp³-hybridized carbons (Fsp3) is 0.462. The summed E-state index contributed by atoms with van der Waals surface area (Å²) in [5.41, 5.74) is 6.32. The van der Waals surface area contributed by atoms with Crippen LogP contribution in [0.2, 0.25) is 0 Å². The van der Waals surface area contributed by atoms with Crippen LogP contribution in [0.4, 0.5) is 4.39 Å². The Morgan fingerprint density at radius 1 is 1.39 bits per heavy atom. The molecular weight excluding hydrogens is 233 g/mol. The zero-order valence-corrected chi connectivity index (χ0v) is 10.5. The van der Waals surface area contributed by atoms with Crippen LogP contribution in [0.5, 0.6) is 0 Å². The molecule has 98 valence electrons. The Balaban J connectivity index is 2.19. The molecule has 0 saturated carbocycles. The predicted molar refractivity (Wildman–Crippen MR) is 67.4 cm³/mol. The maximum atomic E-state index is 13.8. The average Bonchev–Trinajstić information content (AvgIpc) is 2.37. The average molecular weight is 251 g/mol. The van der Waals surface area contributed by atoms with E-state index in [1.54, 1.807) is 30.1 Å². The Kier molecular flexibility index (Phi) is 3.93. The van der Waals surface area contributed by atoms with Crippen molar-refractivity contribution in [3.8, 4) is 0 Å². The lowest BCUT2D eigenvalue weighted by molar-refractivity contribution is -0.135. The van der Waals surface area contributed by atoms with Crippen molar-refractivity contribution in [2.24, 2.45) is 5.73 Å². The molecule has 1 fully saturated rings. The summed E-state index contributed by atoms with van der Waals surface area (Å²) in [6.07, 6.45) is 0. The summed E-state index contributed by atoms with van der Waals surface area (Å²) in [6.45, 7) is 1.98. The molecule has 1 aromatic rings. The molecule has 1 saturated heterocycles. The van der Waals surface area contributed by atoms with Gasteiger partial charge in [0.25, 0.3) is 0 Å². The van der Waals surface area contributed by atoms with Gasteiger partial charge in [0.2, 0.25) is 5.91 Å². The van der Waals surface area contributed by atoms with Gasteiger partial charge in [-0.2, -0.15) is 0 Å². The first-order valence-electron chi connectivity index (χ1n) is 6.06. The minimum atomic E-state index is -0.265. The van der Waals surface area contributed by atoms with E-state index in [0.717, 1.165) is 6.54 Å². The van der Waals surface area contributed by atoms with E-state index in [0.29, 0.717) is 25.2 Å². The summed E-state index contributed by atoms with van der Waals surface area (Å²) in [5, 5.41) is 0. The number of hydrogen-bond acceptors (Lipinski definition) is 3.